The quantitative estimate of drug-likeness (QED) is 0.638. The molecule has 2 nitrogen and oxygen atoms in total. The van der Waals surface area contributed by atoms with Gasteiger partial charge in [-0.2, -0.15) is 0 Å². The van der Waals surface area contributed by atoms with Gasteiger partial charge in [0.1, 0.15) is 0 Å². The second-order valence-electron chi connectivity index (χ2n) is 5.05. The van der Waals surface area contributed by atoms with Crippen LogP contribution in [-0.2, 0) is 0 Å². The molecule has 0 aromatic rings. The van der Waals surface area contributed by atoms with Gasteiger partial charge in [0.15, 0.2) is 0 Å². The molecule has 0 aromatic carbocycles. The van der Waals surface area contributed by atoms with Crippen molar-refractivity contribution in [1.82, 2.24) is 4.90 Å². The molecule has 1 heterocycles. The van der Waals surface area contributed by atoms with Crippen LogP contribution in [0, 0.1) is 5.41 Å². The number of rotatable bonds is 1. The van der Waals surface area contributed by atoms with Crippen LogP contribution in [0.25, 0.3) is 0 Å². The molecule has 2 rings (SSSR count). The van der Waals surface area contributed by atoms with Crippen molar-refractivity contribution in [3.8, 4) is 0 Å². The summed E-state index contributed by atoms with van der Waals surface area (Å²) in [5, 5.41) is 10.2. The van der Waals surface area contributed by atoms with Crippen molar-refractivity contribution in [3.05, 3.63) is 0 Å². The molecule has 70 valence electrons. The largest absolute Gasteiger partial charge is 0.388 e. The molecular weight excluding hydrogens is 150 g/mol. The van der Waals surface area contributed by atoms with E-state index in [1.807, 2.05) is 6.92 Å². The van der Waals surface area contributed by atoms with Gasteiger partial charge in [-0.1, -0.05) is 0 Å². The third kappa shape index (κ3) is 1.01. The zero-order valence-corrected chi connectivity index (χ0v) is 8.30. The second kappa shape index (κ2) is 2.24. The Morgan fingerprint density at radius 3 is 2.08 bits per heavy atom. The van der Waals surface area contributed by atoms with Gasteiger partial charge < -0.3 is 5.11 Å². The van der Waals surface area contributed by atoms with Crippen LogP contribution in [0.4, 0.5) is 0 Å². The Hall–Kier alpha value is -0.0800. The Morgan fingerprint density at radius 2 is 1.83 bits per heavy atom. The number of hydrogen-bond donors (Lipinski definition) is 1. The van der Waals surface area contributed by atoms with Crippen LogP contribution in [-0.4, -0.2) is 34.7 Å². The van der Waals surface area contributed by atoms with Crippen molar-refractivity contribution < 1.29 is 5.11 Å². The van der Waals surface area contributed by atoms with E-state index in [1.165, 1.54) is 12.8 Å². The molecule has 1 saturated carbocycles. The molecule has 2 heteroatoms. The first-order chi connectivity index (χ1) is 5.47. The van der Waals surface area contributed by atoms with Crippen LogP contribution in [0.1, 0.15) is 33.6 Å². The van der Waals surface area contributed by atoms with Gasteiger partial charge in [-0.25, -0.2) is 0 Å². The first kappa shape index (κ1) is 8.52. The maximum atomic E-state index is 10.2. The van der Waals surface area contributed by atoms with E-state index >= 15 is 0 Å². The average molecular weight is 169 g/mol. The Bertz CT molecular complexity index is 188. The van der Waals surface area contributed by atoms with Crippen LogP contribution in [0.2, 0.25) is 0 Å². The van der Waals surface area contributed by atoms with E-state index in [0.717, 1.165) is 13.1 Å². The average Bonchev–Trinajstić information content (AvgIpc) is 2.61. The minimum absolute atomic E-state index is 0.275. The molecule has 1 unspecified atom stereocenters. The van der Waals surface area contributed by atoms with E-state index in [1.54, 1.807) is 0 Å². The number of nitrogens with zero attached hydrogens (tertiary/aromatic N) is 1. The first-order valence-electron chi connectivity index (χ1n) is 4.93. The molecule has 0 radical (unpaired) electrons. The molecule has 0 bridgehead atoms. The van der Waals surface area contributed by atoms with Crippen molar-refractivity contribution in [2.45, 2.75) is 45.3 Å². The molecule has 1 aliphatic carbocycles. The maximum absolute atomic E-state index is 10.2. The third-order valence-electron chi connectivity index (χ3n) is 3.74. The lowest BCUT2D eigenvalue weighted by molar-refractivity contribution is 0.0182. The highest BCUT2D eigenvalue weighted by Gasteiger charge is 2.61. The van der Waals surface area contributed by atoms with Crippen molar-refractivity contribution in [1.29, 1.82) is 0 Å². The summed E-state index contributed by atoms with van der Waals surface area (Å²) < 4.78 is 0. The van der Waals surface area contributed by atoms with E-state index in [-0.39, 0.29) is 5.41 Å². The fourth-order valence-electron chi connectivity index (χ4n) is 2.39. The minimum Gasteiger partial charge on any atom is -0.388 e. The van der Waals surface area contributed by atoms with Gasteiger partial charge >= 0.3 is 0 Å². The topological polar surface area (TPSA) is 23.5 Å². The van der Waals surface area contributed by atoms with Gasteiger partial charge in [0.25, 0.3) is 0 Å². The van der Waals surface area contributed by atoms with E-state index < -0.39 is 5.60 Å². The summed E-state index contributed by atoms with van der Waals surface area (Å²) in [7, 11) is 0. The summed E-state index contributed by atoms with van der Waals surface area (Å²) in [5.41, 5.74) is -0.144. The van der Waals surface area contributed by atoms with E-state index in [0.29, 0.717) is 6.04 Å². The summed E-state index contributed by atoms with van der Waals surface area (Å²) in [6.45, 7) is 8.39. The minimum atomic E-state index is -0.419. The monoisotopic (exact) mass is 169 g/mol. The van der Waals surface area contributed by atoms with Crippen LogP contribution in [0.15, 0.2) is 0 Å². The fourth-order valence-corrected chi connectivity index (χ4v) is 2.39. The zero-order valence-electron chi connectivity index (χ0n) is 8.30. The van der Waals surface area contributed by atoms with Gasteiger partial charge in [-0.05, 0) is 33.6 Å². The highest BCUT2D eigenvalue weighted by Crippen LogP contribution is 2.58. The van der Waals surface area contributed by atoms with Gasteiger partial charge in [-0.3, -0.25) is 4.90 Å². The molecule has 1 atom stereocenters. The highest BCUT2D eigenvalue weighted by molar-refractivity contribution is 5.13. The van der Waals surface area contributed by atoms with Crippen LogP contribution < -0.4 is 0 Å². The van der Waals surface area contributed by atoms with Gasteiger partial charge in [-0.15, -0.1) is 0 Å². The van der Waals surface area contributed by atoms with Crippen LogP contribution in [0.3, 0.4) is 0 Å². The Kier molecular flexibility index (Phi) is 1.59. The van der Waals surface area contributed by atoms with E-state index in [2.05, 4.69) is 18.7 Å². The standard InChI is InChI=1S/C10H19NO/c1-8(2)11-6-9(3,12)10(7-11)4-5-10/h8,12H,4-7H2,1-3H3. The Labute approximate surface area is 74.6 Å². The molecule has 2 aliphatic rings. The van der Waals surface area contributed by atoms with Crippen molar-refractivity contribution in [2.75, 3.05) is 13.1 Å². The van der Waals surface area contributed by atoms with Crippen molar-refractivity contribution >= 4 is 0 Å². The lowest BCUT2D eigenvalue weighted by Crippen LogP contribution is -2.36. The third-order valence-corrected chi connectivity index (χ3v) is 3.74. The molecule has 1 aliphatic heterocycles. The van der Waals surface area contributed by atoms with Gasteiger partial charge in [0, 0.05) is 24.5 Å². The molecule has 0 amide bonds. The predicted octanol–water partition coefficient (Wildman–Crippen LogP) is 1.24. The Balaban J connectivity index is 2.12. The smallest absolute Gasteiger partial charge is 0.0814 e. The van der Waals surface area contributed by atoms with Gasteiger partial charge in [0.05, 0.1) is 5.60 Å². The lowest BCUT2D eigenvalue weighted by atomic mass is 9.90. The summed E-state index contributed by atoms with van der Waals surface area (Å²) in [6, 6.07) is 0.580. The SMILES string of the molecule is CC(C)N1CC(C)(O)C2(CC2)C1. The fraction of sp³-hybridized carbons (Fsp3) is 1.00. The van der Waals surface area contributed by atoms with Crippen LogP contribution >= 0.6 is 0 Å². The normalized spacial score (nSPS) is 39.8. The second-order valence-corrected chi connectivity index (χ2v) is 5.05. The van der Waals surface area contributed by atoms with Gasteiger partial charge in [0.2, 0.25) is 0 Å². The summed E-state index contributed by atoms with van der Waals surface area (Å²) in [6.07, 6.45) is 2.45. The lowest BCUT2D eigenvalue weighted by Gasteiger charge is -2.23. The predicted molar refractivity (Wildman–Crippen MR) is 49.0 cm³/mol. The zero-order chi connectivity index (χ0) is 8.98. The molecule has 1 spiro atoms. The molecule has 1 N–H and O–H groups in total. The summed E-state index contributed by atoms with van der Waals surface area (Å²) in [5.74, 6) is 0. The molecular formula is C10H19NO. The van der Waals surface area contributed by atoms with E-state index in [9.17, 15) is 5.11 Å². The number of β-amino-alcohol motifs (C(OH)–C–C–N with tert-alkyl or cyclic N) is 1. The van der Waals surface area contributed by atoms with Crippen molar-refractivity contribution in [2.24, 2.45) is 5.41 Å². The summed E-state index contributed by atoms with van der Waals surface area (Å²) >= 11 is 0. The van der Waals surface area contributed by atoms with E-state index in [4.69, 9.17) is 0 Å². The number of aliphatic hydroxyl groups is 1. The highest BCUT2D eigenvalue weighted by atomic mass is 16.3. The van der Waals surface area contributed by atoms with Crippen molar-refractivity contribution in [3.63, 3.8) is 0 Å². The van der Waals surface area contributed by atoms with Crippen LogP contribution in [0.5, 0.6) is 0 Å². The molecule has 2 fully saturated rings. The first-order valence-corrected chi connectivity index (χ1v) is 4.93. The summed E-state index contributed by atoms with van der Waals surface area (Å²) in [4.78, 5) is 2.40. The molecule has 12 heavy (non-hydrogen) atoms. The molecule has 1 saturated heterocycles. The maximum Gasteiger partial charge on any atom is 0.0814 e. The number of hydrogen-bond acceptors (Lipinski definition) is 2. The molecule has 0 aromatic heterocycles. The number of likely N-dealkylation sites (tertiary alicyclic amines) is 1. The Morgan fingerprint density at radius 1 is 1.25 bits per heavy atom.